The Morgan fingerprint density at radius 1 is 1.16 bits per heavy atom. The van der Waals surface area contributed by atoms with Crippen molar-refractivity contribution in [1.29, 1.82) is 0 Å². The average Bonchev–Trinajstić information content (AvgIpc) is 3.31. The van der Waals surface area contributed by atoms with Crippen LogP contribution < -0.4 is 20.7 Å². The fraction of sp³-hybridized carbons (Fsp3) is 0.636. The summed E-state index contributed by atoms with van der Waals surface area (Å²) in [7, 11) is -2.24. The maximum Gasteiger partial charge on any atom is 0.405 e. The lowest BCUT2D eigenvalue weighted by atomic mass is 9.93. The number of hydrogen-bond donors (Lipinski definition) is 4. The van der Waals surface area contributed by atoms with E-state index in [-0.39, 0.29) is 31.1 Å². The predicted molar refractivity (Wildman–Crippen MR) is 130 cm³/mol. The summed E-state index contributed by atoms with van der Waals surface area (Å²) in [6, 6.07) is 3.55. The Bertz CT molecular complexity index is 1060. The molecule has 1 saturated heterocycles. The van der Waals surface area contributed by atoms with Gasteiger partial charge >= 0.3 is 12.1 Å². The van der Waals surface area contributed by atoms with Gasteiger partial charge in [-0.15, -0.1) is 12.4 Å². The molecule has 0 saturated carbocycles. The van der Waals surface area contributed by atoms with E-state index in [2.05, 4.69) is 10.6 Å². The Labute approximate surface area is 223 Å². The van der Waals surface area contributed by atoms with E-state index >= 15 is 0 Å². The number of aliphatic hydroxyl groups is 1. The van der Waals surface area contributed by atoms with E-state index in [1.54, 1.807) is 24.3 Å². The summed E-state index contributed by atoms with van der Waals surface area (Å²) in [6.07, 6.45) is -7.96. The molecular weight excluding hydrogens is 565 g/mol. The van der Waals surface area contributed by atoms with Crippen molar-refractivity contribution in [3.63, 3.8) is 0 Å². The fourth-order valence-electron chi connectivity index (χ4n) is 3.78. The van der Waals surface area contributed by atoms with Crippen molar-refractivity contribution in [2.45, 2.75) is 61.6 Å². The van der Waals surface area contributed by atoms with Gasteiger partial charge in [0, 0.05) is 6.54 Å². The third-order valence-electron chi connectivity index (χ3n) is 5.93. The topological polar surface area (TPSA) is 134 Å². The molecular formula is C22H31ClF5N3O6S. The van der Waals surface area contributed by atoms with Crippen LogP contribution in [0, 0.1) is 5.92 Å². The lowest BCUT2D eigenvalue weighted by Crippen LogP contribution is -2.61. The van der Waals surface area contributed by atoms with Crippen LogP contribution in [0.4, 0.5) is 22.0 Å². The number of alkyl halides is 5. The van der Waals surface area contributed by atoms with E-state index in [0.29, 0.717) is 11.3 Å². The number of carbonyl (C=O) groups is 2. The first-order valence-electron chi connectivity index (χ1n) is 11.3. The molecule has 0 radical (unpaired) electrons. The SMILES string of the molecule is COc1ccc(CS(=O)(=O)C2CNC(C(=O)N[C@@H](C(C)C)[C@@H](O)C(F)(F)C(=O)NCC(F)(F)F)C2)cc1.Cl. The van der Waals surface area contributed by atoms with Crippen LogP contribution in [0.5, 0.6) is 5.75 Å². The zero-order valence-corrected chi connectivity index (χ0v) is 22.4. The van der Waals surface area contributed by atoms with Crippen LogP contribution in [-0.2, 0) is 25.2 Å². The highest BCUT2D eigenvalue weighted by Gasteiger charge is 2.52. The maximum absolute atomic E-state index is 14.4. The fourth-order valence-corrected chi connectivity index (χ4v) is 5.51. The second kappa shape index (κ2) is 13.2. The number of ether oxygens (including phenoxy) is 1. The first-order valence-corrected chi connectivity index (χ1v) is 13.0. The highest BCUT2D eigenvalue weighted by molar-refractivity contribution is 7.91. The Balaban J connectivity index is 0.00000722. The molecule has 2 unspecified atom stereocenters. The molecule has 1 aromatic rings. The van der Waals surface area contributed by atoms with E-state index in [1.165, 1.54) is 21.0 Å². The molecule has 38 heavy (non-hydrogen) atoms. The lowest BCUT2D eigenvalue weighted by molar-refractivity contribution is -0.174. The predicted octanol–water partition coefficient (Wildman–Crippen LogP) is 1.58. The van der Waals surface area contributed by atoms with Crippen molar-refractivity contribution in [3.05, 3.63) is 29.8 Å². The molecule has 1 fully saturated rings. The average molecular weight is 596 g/mol. The van der Waals surface area contributed by atoms with E-state index in [4.69, 9.17) is 4.74 Å². The zero-order valence-electron chi connectivity index (χ0n) is 20.7. The molecule has 1 aromatic carbocycles. The normalized spacial score (nSPS) is 19.8. The number of hydrogen-bond acceptors (Lipinski definition) is 7. The van der Waals surface area contributed by atoms with Crippen LogP contribution in [0.2, 0.25) is 0 Å². The molecule has 4 N–H and O–H groups in total. The van der Waals surface area contributed by atoms with Gasteiger partial charge in [0.05, 0.1) is 30.2 Å². The summed E-state index contributed by atoms with van der Waals surface area (Å²) in [5, 5.41) is 15.1. The number of sulfone groups is 1. The van der Waals surface area contributed by atoms with Crippen molar-refractivity contribution in [1.82, 2.24) is 16.0 Å². The number of amides is 2. The standard InChI is InChI=1S/C22H30F5N3O6S.ClH/c1-12(2)17(18(31)22(26,27)20(33)29-11-21(23,24)25)30-19(32)16-8-15(9-28-16)37(34,35)10-13-4-6-14(36-3)7-5-13;/h4-7,12,15-18,28,31H,8-11H2,1-3H3,(H,29,33)(H,30,32);1H/t15?,16?,17-,18+;/m0./s1. The molecule has 1 aliphatic rings. The monoisotopic (exact) mass is 595 g/mol. The molecule has 16 heteroatoms. The van der Waals surface area contributed by atoms with Gasteiger partial charge in [0.2, 0.25) is 5.91 Å². The van der Waals surface area contributed by atoms with E-state index < -0.39 is 69.7 Å². The largest absolute Gasteiger partial charge is 0.497 e. The van der Waals surface area contributed by atoms with Crippen molar-refractivity contribution >= 4 is 34.1 Å². The van der Waals surface area contributed by atoms with Gasteiger partial charge in [0.25, 0.3) is 5.91 Å². The molecule has 1 aliphatic heterocycles. The highest BCUT2D eigenvalue weighted by atomic mass is 35.5. The second-order valence-corrected chi connectivity index (χ2v) is 11.4. The minimum atomic E-state index is -4.94. The maximum atomic E-state index is 14.4. The summed E-state index contributed by atoms with van der Waals surface area (Å²) in [4.78, 5) is 24.4. The Kier molecular flexibility index (Phi) is 11.8. The van der Waals surface area contributed by atoms with Gasteiger partial charge in [0.15, 0.2) is 9.84 Å². The van der Waals surface area contributed by atoms with Gasteiger partial charge in [-0.3, -0.25) is 9.59 Å². The van der Waals surface area contributed by atoms with Crippen molar-refractivity contribution < 1.29 is 49.8 Å². The smallest absolute Gasteiger partial charge is 0.405 e. The summed E-state index contributed by atoms with van der Waals surface area (Å²) in [5.41, 5.74) is 0.503. The van der Waals surface area contributed by atoms with Crippen LogP contribution in [0.15, 0.2) is 24.3 Å². The minimum absolute atomic E-state index is 0. The highest BCUT2D eigenvalue weighted by Crippen LogP contribution is 2.26. The van der Waals surface area contributed by atoms with Crippen LogP contribution in [0.25, 0.3) is 0 Å². The molecule has 0 spiro atoms. The third kappa shape index (κ3) is 8.92. The zero-order chi connectivity index (χ0) is 28.2. The first-order chi connectivity index (χ1) is 17.0. The molecule has 218 valence electrons. The Morgan fingerprint density at radius 2 is 1.74 bits per heavy atom. The van der Waals surface area contributed by atoms with Gasteiger partial charge in [-0.1, -0.05) is 26.0 Å². The number of aliphatic hydroxyl groups excluding tert-OH is 1. The Morgan fingerprint density at radius 3 is 2.24 bits per heavy atom. The van der Waals surface area contributed by atoms with Gasteiger partial charge < -0.3 is 25.8 Å². The van der Waals surface area contributed by atoms with Crippen molar-refractivity contribution in [2.24, 2.45) is 5.92 Å². The number of rotatable bonds is 11. The Hall–Kier alpha value is -2.23. The third-order valence-corrected chi connectivity index (χ3v) is 8.04. The molecule has 2 amide bonds. The van der Waals surface area contributed by atoms with Crippen LogP contribution >= 0.6 is 12.4 Å². The van der Waals surface area contributed by atoms with Crippen LogP contribution in [-0.4, -0.2) is 81.1 Å². The summed E-state index contributed by atoms with van der Waals surface area (Å²) >= 11 is 0. The van der Waals surface area contributed by atoms with Crippen molar-refractivity contribution in [2.75, 3.05) is 20.2 Å². The summed E-state index contributed by atoms with van der Waals surface area (Å²) in [5.74, 6) is -8.51. The van der Waals surface area contributed by atoms with Crippen LogP contribution in [0.1, 0.15) is 25.8 Å². The van der Waals surface area contributed by atoms with E-state index in [9.17, 15) is 45.1 Å². The van der Waals surface area contributed by atoms with Gasteiger partial charge in [0.1, 0.15) is 18.4 Å². The molecule has 2 rings (SSSR count). The summed E-state index contributed by atoms with van der Waals surface area (Å²) < 4.78 is 96.3. The van der Waals surface area contributed by atoms with Gasteiger partial charge in [-0.25, -0.2) is 8.42 Å². The number of carbonyl (C=O) groups excluding carboxylic acids is 2. The van der Waals surface area contributed by atoms with E-state index in [0.717, 1.165) is 5.32 Å². The molecule has 4 atom stereocenters. The first kappa shape index (κ1) is 33.8. The molecule has 0 bridgehead atoms. The quantitative estimate of drug-likeness (QED) is 0.286. The van der Waals surface area contributed by atoms with Gasteiger partial charge in [-0.2, -0.15) is 22.0 Å². The molecule has 1 heterocycles. The number of methoxy groups -OCH3 is 1. The molecule has 0 aliphatic carbocycles. The van der Waals surface area contributed by atoms with E-state index in [1.807, 2.05) is 0 Å². The number of halogens is 6. The second-order valence-electron chi connectivity index (χ2n) is 9.12. The van der Waals surface area contributed by atoms with Crippen molar-refractivity contribution in [3.8, 4) is 5.75 Å². The van der Waals surface area contributed by atoms with Crippen LogP contribution in [0.3, 0.4) is 0 Å². The number of nitrogens with one attached hydrogen (secondary N) is 3. The molecule has 9 nitrogen and oxygen atoms in total. The molecule has 0 aromatic heterocycles. The van der Waals surface area contributed by atoms with Gasteiger partial charge in [-0.05, 0) is 30.0 Å². The minimum Gasteiger partial charge on any atom is -0.497 e. The lowest BCUT2D eigenvalue weighted by Gasteiger charge is -2.32. The summed E-state index contributed by atoms with van der Waals surface area (Å²) in [6.45, 7) is 0.594. The number of benzene rings is 1.